The molecule has 1 aromatic rings. The molecule has 1 amide bonds. The molecule has 94 valence electrons. The zero-order valence-electron chi connectivity index (χ0n) is 8.71. The fourth-order valence-corrected chi connectivity index (χ4v) is 1.10. The van der Waals surface area contributed by atoms with Gasteiger partial charge in [0.2, 0.25) is 0 Å². The summed E-state index contributed by atoms with van der Waals surface area (Å²) in [6, 6.07) is 3.50. The van der Waals surface area contributed by atoms with E-state index in [9.17, 15) is 18.0 Å². The molecule has 0 heterocycles. The fourth-order valence-electron chi connectivity index (χ4n) is 1.10. The average Bonchev–Trinajstić information content (AvgIpc) is 2.30. The van der Waals surface area contributed by atoms with Crippen LogP contribution in [0.2, 0.25) is 0 Å². The van der Waals surface area contributed by atoms with Crippen molar-refractivity contribution in [3.05, 3.63) is 29.6 Å². The molecule has 4 nitrogen and oxygen atoms in total. The number of carbonyl (C=O) groups excluding carboxylic acids is 1. The standard InChI is InChI=1S/C10H11F3N2O2/c11-7-3-1-2-6(8(7)14)9(17)15-4-10(12,13)5-16/h1-3,16H,4-5,14H2,(H,15,17). The van der Waals surface area contributed by atoms with Gasteiger partial charge in [0.15, 0.2) is 0 Å². The lowest BCUT2D eigenvalue weighted by molar-refractivity contribution is -0.0461. The first-order chi connectivity index (χ1) is 7.87. The maximum absolute atomic E-state index is 13.0. The second kappa shape index (κ2) is 5.05. The molecule has 0 saturated carbocycles. The highest BCUT2D eigenvalue weighted by molar-refractivity contribution is 5.99. The zero-order chi connectivity index (χ0) is 13.1. The number of aliphatic hydroxyl groups is 1. The molecule has 0 bridgehead atoms. The number of nitrogens with two attached hydrogens (primary N) is 1. The number of aliphatic hydroxyl groups excluding tert-OH is 1. The minimum atomic E-state index is -3.42. The van der Waals surface area contributed by atoms with Gasteiger partial charge in [0.1, 0.15) is 12.4 Å². The number of amides is 1. The number of hydrogen-bond acceptors (Lipinski definition) is 3. The highest BCUT2D eigenvalue weighted by Gasteiger charge is 2.28. The lowest BCUT2D eigenvalue weighted by atomic mass is 10.1. The summed E-state index contributed by atoms with van der Waals surface area (Å²) in [6.07, 6.45) is 0. The van der Waals surface area contributed by atoms with Crippen LogP contribution in [-0.2, 0) is 0 Å². The van der Waals surface area contributed by atoms with Crippen LogP contribution in [0, 0.1) is 5.82 Å². The van der Waals surface area contributed by atoms with Gasteiger partial charge >= 0.3 is 0 Å². The summed E-state index contributed by atoms with van der Waals surface area (Å²) in [6.45, 7) is -2.43. The molecule has 1 rings (SSSR count). The van der Waals surface area contributed by atoms with Gasteiger partial charge in [-0.2, -0.15) is 0 Å². The number of nitrogens with one attached hydrogen (secondary N) is 1. The highest BCUT2D eigenvalue weighted by atomic mass is 19.3. The van der Waals surface area contributed by atoms with Crippen LogP contribution in [0.3, 0.4) is 0 Å². The van der Waals surface area contributed by atoms with Crippen LogP contribution >= 0.6 is 0 Å². The van der Waals surface area contributed by atoms with Gasteiger partial charge < -0.3 is 16.2 Å². The van der Waals surface area contributed by atoms with E-state index >= 15 is 0 Å². The van der Waals surface area contributed by atoms with Crippen molar-refractivity contribution in [2.45, 2.75) is 5.92 Å². The van der Waals surface area contributed by atoms with E-state index in [4.69, 9.17) is 10.8 Å². The Labute approximate surface area is 95.2 Å². The third-order valence-corrected chi connectivity index (χ3v) is 2.04. The third-order valence-electron chi connectivity index (χ3n) is 2.04. The smallest absolute Gasteiger partial charge is 0.287 e. The van der Waals surface area contributed by atoms with Crippen LogP contribution in [0.25, 0.3) is 0 Å². The molecule has 0 aliphatic rings. The van der Waals surface area contributed by atoms with Gasteiger partial charge in [-0.15, -0.1) is 0 Å². The first kappa shape index (κ1) is 13.3. The molecule has 0 aliphatic carbocycles. The predicted octanol–water partition coefficient (Wildman–Crippen LogP) is 0.765. The molecule has 17 heavy (non-hydrogen) atoms. The predicted molar refractivity (Wildman–Crippen MR) is 55.2 cm³/mol. The number of para-hydroxylation sites is 1. The van der Waals surface area contributed by atoms with Crippen molar-refractivity contribution in [3.8, 4) is 0 Å². The van der Waals surface area contributed by atoms with E-state index in [-0.39, 0.29) is 5.56 Å². The van der Waals surface area contributed by atoms with E-state index in [2.05, 4.69) is 0 Å². The van der Waals surface area contributed by atoms with Crippen molar-refractivity contribution >= 4 is 11.6 Å². The van der Waals surface area contributed by atoms with Gasteiger partial charge in [-0.3, -0.25) is 4.79 Å². The van der Waals surface area contributed by atoms with Crippen LogP contribution in [0.1, 0.15) is 10.4 Å². The molecule has 4 N–H and O–H groups in total. The summed E-state index contributed by atoms with van der Waals surface area (Å²) >= 11 is 0. The van der Waals surface area contributed by atoms with Crippen molar-refractivity contribution in [2.24, 2.45) is 0 Å². The SMILES string of the molecule is Nc1c(F)cccc1C(=O)NCC(F)(F)CO. The number of halogens is 3. The van der Waals surface area contributed by atoms with E-state index in [1.54, 1.807) is 0 Å². The lowest BCUT2D eigenvalue weighted by Gasteiger charge is -2.14. The van der Waals surface area contributed by atoms with Gasteiger partial charge in [0, 0.05) is 0 Å². The van der Waals surface area contributed by atoms with E-state index in [1.807, 2.05) is 5.32 Å². The summed E-state index contributed by atoms with van der Waals surface area (Å²) in [5, 5.41) is 10.2. The number of rotatable bonds is 4. The first-order valence-corrected chi connectivity index (χ1v) is 4.68. The number of carbonyl (C=O) groups is 1. The summed E-state index contributed by atoms with van der Waals surface area (Å²) in [4.78, 5) is 11.4. The van der Waals surface area contributed by atoms with Crippen molar-refractivity contribution in [1.29, 1.82) is 0 Å². The molecule has 0 atom stereocenters. The van der Waals surface area contributed by atoms with Gasteiger partial charge in [0.05, 0.1) is 17.8 Å². The molecule has 0 aromatic heterocycles. The van der Waals surface area contributed by atoms with E-state index in [1.165, 1.54) is 12.1 Å². The average molecular weight is 248 g/mol. The minimum Gasteiger partial charge on any atom is -0.396 e. The number of hydrogen-bond donors (Lipinski definition) is 3. The van der Waals surface area contributed by atoms with Crippen molar-refractivity contribution < 1.29 is 23.1 Å². The van der Waals surface area contributed by atoms with E-state index < -0.39 is 36.5 Å². The molecule has 0 aliphatic heterocycles. The van der Waals surface area contributed by atoms with E-state index in [0.29, 0.717) is 0 Å². The normalized spacial score (nSPS) is 11.3. The maximum Gasteiger partial charge on any atom is 0.287 e. The van der Waals surface area contributed by atoms with Crippen LogP contribution in [0.5, 0.6) is 0 Å². The Morgan fingerprint density at radius 3 is 2.71 bits per heavy atom. The zero-order valence-corrected chi connectivity index (χ0v) is 8.71. The summed E-state index contributed by atoms with van der Waals surface area (Å²) in [5.41, 5.74) is 4.65. The topological polar surface area (TPSA) is 75.4 Å². The number of benzene rings is 1. The molecule has 1 aromatic carbocycles. The molecule has 0 unspecified atom stereocenters. The highest BCUT2D eigenvalue weighted by Crippen LogP contribution is 2.16. The first-order valence-electron chi connectivity index (χ1n) is 4.68. The Morgan fingerprint density at radius 1 is 1.47 bits per heavy atom. The molecule has 0 saturated heterocycles. The Morgan fingerprint density at radius 2 is 2.12 bits per heavy atom. The quantitative estimate of drug-likeness (QED) is 0.689. The van der Waals surface area contributed by atoms with Crippen LogP contribution in [-0.4, -0.2) is 30.1 Å². The van der Waals surface area contributed by atoms with E-state index in [0.717, 1.165) is 6.07 Å². The summed E-state index contributed by atoms with van der Waals surface area (Å²) in [5.74, 6) is -5.14. The molecular weight excluding hydrogens is 237 g/mol. The van der Waals surface area contributed by atoms with Crippen molar-refractivity contribution in [2.75, 3.05) is 18.9 Å². The third kappa shape index (κ3) is 3.35. The van der Waals surface area contributed by atoms with Crippen molar-refractivity contribution in [1.82, 2.24) is 5.32 Å². The van der Waals surface area contributed by atoms with Crippen LogP contribution in [0.4, 0.5) is 18.9 Å². The molecule has 0 fully saturated rings. The number of alkyl halides is 2. The fraction of sp³-hybridized carbons (Fsp3) is 0.300. The second-order valence-electron chi connectivity index (χ2n) is 3.40. The largest absolute Gasteiger partial charge is 0.396 e. The lowest BCUT2D eigenvalue weighted by Crippen LogP contribution is -2.39. The van der Waals surface area contributed by atoms with Gasteiger partial charge in [-0.25, -0.2) is 13.2 Å². The van der Waals surface area contributed by atoms with Crippen LogP contribution in [0.15, 0.2) is 18.2 Å². The van der Waals surface area contributed by atoms with Gasteiger partial charge in [-0.1, -0.05) is 6.07 Å². The van der Waals surface area contributed by atoms with Gasteiger partial charge in [0.25, 0.3) is 11.8 Å². The Hall–Kier alpha value is -1.76. The number of anilines is 1. The maximum atomic E-state index is 13.0. The Kier molecular flexibility index (Phi) is 3.95. The molecule has 0 spiro atoms. The summed E-state index contributed by atoms with van der Waals surface area (Å²) < 4.78 is 38.3. The Bertz CT molecular complexity index is 424. The number of nitrogen functional groups attached to an aromatic ring is 1. The van der Waals surface area contributed by atoms with Gasteiger partial charge in [-0.05, 0) is 12.1 Å². The molecule has 0 radical (unpaired) electrons. The molecular formula is C10H11F3N2O2. The van der Waals surface area contributed by atoms with Crippen molar-refractivity contribution in [3.63, 3.8) is 0 Å². The second-order valence-corrected chi connectivity index (χ2v) is 3.40. The minimum absolute atomic E-state index is 0.223. The van der Waals surface area contributed by atoms with Crippen LogP contribution < -0.4 is 11.1 Å². The monoisotopic (exact) mass is 248 g/mol. The Balaban J connectivity index is 2.74. The summed E-state index contributed by atoms with van der Waals surface area (Å²) in [7, 11) is 0. The molecule has 7 heteroatoms.